The summed E-state index contributed by atoms with van der Waals surface area (Å²) < 4.78 is 0. The molecule has 2 saturated heterocycles. The fourth-order valence-corrected chi connectivity index (χ4v) is 3.13. The summed E-state index contributed by atoms with van der Waals surface area (Å²) in [4.78, 5) is 13.1. The first kappa shape index (κ1) is 12.0. The third-order valence-corrected chi connectivity index (χ3v) is 4.05. The van der Waals surface area contributed by atoms with Gasteiger partial charge in [-0.15, -0.1) is 0 Å². The zero-order valence-corrected chi connectivity index (χ0v) is 11.1. The van der Waals surface area contributed by atoms with E-state index in [0.29, 0.717) is 11.2 Å². The van der Waals surface area contributed by atoms with Crippen LogP contribution in [0.15, 0.2) is 6.07 Å². The van der Waals surface area contributed by atoms with Crippen LogP contribution in [-0.4, -0.2) is 47.1 Å². The highest BCUT2D eigenvalue weighted by Crippen LogP contribution is 2.25. The Morgan fingerprint density at radius 3 is 2.94 bits per heavy atom. The second-order valence-electron chi connectivity index (χ2n) is 5.04. The largest absolute Gasteiger partial charge is 0.368 e. The van der Waals surface area contributed by atoms with Crippen LogP contribution >= 0.6 is 11.6 Å². The van der Waals surface area contributed by atoms with Gasteiger partial charge < -0.3 is 10.6 Å². The van der Waals surface area contributed by atoms with Gasteiger partial charge in [0.05, 0.1) is 0 Å². The Kier molecular flexibility index (Phi) is 3.26. The van der Waals surface area contributed by atoms with Gasteiger partial charge in [0, 0.05) is 31.7 Å². The molecule has 0 bridgehead atoms. The molecule has 6 heteroatoms. The minimum Gasteiger partial charge on any atom is -0.368 e. The zero-order chi connectivity index (χ0) is 12.5. The van der Waals surface area contributed by atoms with Crippen molar-refractivity contribution in [2.45, 2.75) is 25.3 Å². The minimum atomic E-state index is 0.253. The Bertz CT molecular complexity index is 418. The molecule has 0 unspecified atom stereocenters. The van der Waals surface area contributed by atoms with Gasteiger partial charge in [0.15, 0.2) is 0 Å². The molecule has 0 amide bonds. The molecule has 5 nitrogen and oxygen atoms in total. The Morgan fingerprint density at radius 2 is 2.11 bits per heavy atom. The first-order valence-corrected chi connectivity index (χ1v) is 6.89. The molecule has 3 rings (SSSR count). The number of anilines is 2. The average Bonchev–Trinajstić information content (AvgIpc) is 2.37. The van der Waals surface area contributed by atoms with Crippen LogP contribution in [0.25, 0.3) is 0 Å². The van der Waals surface area contributed by atoms with Gasteiger partial charge in [-0.25, -0.2) is 4.98 Å². The fourth-order valence-electron chi connectivity index (χ4n) is 2.95. The highest BCUT2D eigenvalue weighted by Gasteiger charge is 2.29. The first-order chi connectivity index (χ1) is 8.72. The van der Waals surface area contributed by atoms with E-state index < -0.39 is 0 Å². The average molecular weight is 268 g/mol. The van der Waals surface area contributed by atoms with Crippen LogP contribution in [0, 0.1) is 0 Å². The van der Waals surface area contributed by atoms with Crippen molar-refractivity contribution in [1.82, 2.24) is 14.9 Å². The molecule has 1 aromatic rings. The predicted octanol–water partition coefficient (Wildman–Crippen LogP) is 1.39. The number of halogens is 1. The maximum atomic E-state index is 5.94. The third-order valence-electron chi connectivity index (χ3n) is 3.86. The van der Waals surface area contributed by atoms with Crippen molar-refractivity contribution in [2.24, 2.45) is 0 Å². The topological polar surface area (TPSA) is 58.3 Å². The number of nitrogens with two attached hydrogens (primary N) is 1. The smallest absolute Gasteiger partial charge is 0.223 e. The van der Waals surface area contributed by atoms with Crippen molar-refractivity contribution in [3.8, 4) is 0 Å². The number of piperazine rings is 1. The van der Waals surface area contributed by atoms with Crippen molar-refractivity contribution >= 4 is 23.4 Å². The molecule has 0 radical (unpaired) electrons. The molecule has 2 aliphatic heterocycles. The maximum absolute atomic E-state index is 5.94. The summed E-state index contributed by atoms with van der Waals surface area (Å²) in [5.41, 5.74) is 5.65. The lowest BCUT2D eigenvalue weighted by atomic mass is 9.99. The van der Waals surface area contributed by atoms with E-state index in [2.05, 4.69) is 19.8 Å². The van der Waals surface area contributed by atoms with E-state index in [4.69, 9.17) is 17.3 Å². The van der Waals surface area contributed by atoms with Gasteiger partial charge in [-0.05, 0) is 19.4 Å². The van der Waals surface area contributed by atoms with Gasteiger partial charge in [0.1, 0.15) is 11.0 Å². The number of nitrogen functional groups attached to an aromatic ring is 1. The fraction of sp³-hybridized carbons (Fsp3) is 0.667. The number of piperidine rings is 1. The molecule has 0 aliphatic carbocycles. The number of hydrogen-bond donors (Lipinski definition) is 1. The van der Waals surface area contributed by atoms with Gasteiger partial charge in [0.2, 0.25) is 5.95 Å². The molecular weight excluding hydrogens is 250 g/mol. The van der Waals surface area contributed by atoms with Gasteiger partial charge in [-0.1, -0.05) is 18.0 Å². The van der Waals surface area contributed by atoms with Crippen LogP contribution in [0.2, 0.25) is 5.15 Å². The monoisotopic (exact) mass is 267 g/mol. The lowest BCUT2D eigenvalue weighted by Gasteiger charge is -2.44. The Labute approximate surface area is 112 Å². The predicted molar refractivity (Wildman–Crippen MR) is 72.9 cm³/mol. The summed E-state index contributed by atoms with van der Waals surface area (Å²) in [5.74, 6) is 1.11. The Hall–Kier alpha value is -1.07. The van der Waals surface area contributed by atoms with Gasteiger partial charge in [-0.3, -0.25) is 4.90 Å². The SMILES string of the molecule is Nc1nc(Cl)cc(N2CCN3CCCC[C@@H]3C2)n1. The number of hydrogen-bond acceptors (Lipinski definition) is 5. The highest BCUT2D eigenvalue weighted by atomic mass is 35.5. The van der Waals surface area contributed by atoms with Crippen LogP contribution in [0.5, 0.6) is 0 Å². The molecule has 0 saturated carbocycles. The lowest BCUT2D eigenvalue weighted by Crippen LogP contribution is -2.55. The van der Waals surface area contributed by atoms with Crippen molar-refractivity contribution < 1.29 is 0 Å². The second kappa shape index (κ2) is 4.90. The van der Waals surface area contributed by atoms with Gasteiger partial charge in [-0.2, -0.15) is 4.98 Å². The van der Waals surface area contributed by atoms with E-state index in [1.807, 2.05) is 0 Å². The van der Waals surface area contributed by atoms with Crippen LogP contribution in [0.4, 0.5) is 11.8 Å². The number of rotatable bonds is 1. The second-order valence-corrected chi connectivity index (χ2v) is 5.43. The first-order valence-electron chi connectivity index (χ1n) is 6.51. The van der Waals surface area contributed by atoms with Crippen LogP contribution in [-0.2, 0) is 0 Å². The molecule has 0 aromatic carbocycles. The summed E-state index contributed by atoms with van der Waals surface area (Å²) in [7, 11) is 0. The van der Waals surface area contributed by atoms with E-state index >= 15 is 0 Å². The molecule has 18 heavy (non-hydrogen) atoms. The van der Waals surface area contributed by atoms with E-state index in [1.54, 1.807) is 6.07 Å². The highest BCUT2D eigenvalue weighted by molar-refractivity contribution is 6.29. The molecule has 2 N–H and O–H groups in total. The van der Waals surface area contributed by atoms with Crippen molar-refractivity contribution in [2.75, 3.05) is 36.8 Å². The standard InChI is InChI=1S/C12H18ClN5/c13-10-7-11(16-12(14)15-10)18-6-5-17-4-2-1-3-9(17)8-18/h7,9H,1-6,8H2,(H2,14,15,16)/t9-/m1/s1. The molecule has 2 fully saturated rings. The number of nitrogens with zero attached hydrogens (tertiary/aromatic N) is 4. The third kappa shape index (κ3) is 2.37. The van der Waals surface area contributed by atoms with Gasteiger partial charge >= 0.3 is 0 Å². The molecule has 3 heterocycles. The molecule has 98 valence electrons. The summed E-state index contributed by atoms with van der Waals surface area (Å²) >= 11 is 5.94. The quantitative estimate of drug-likeness (QED) is 0.779. The Morgan fingerprint density at radius 1 is 1.22 bits per heavy atom. The lowest BCUT2D eigenvalue weighted by molar-refractivity contribution is 0.133. The van der Waals surface area contributed by atoms with E-state index in [0.717, 1.165) is 25.5 Å². The normalized spacial score (nSPS) is 24.9. The van der Waals surface area contributed by atoms with Crippen LogP contribution in [0.3, 0.4) is 0 Å². The summed E-state index contributed by atoms with van der Waals surface area (Å²) in [5, 5.41) is 0.420. The molecule has 1 aromatic heterocycles. The number of fused-ring (bicyclic) bond motifs is 1. The summed E-state index contributed by atoms with van der Waals surface area (Å²) in [6.07, 6.45) is 3.95. The van der Waals surface area contributed by atoms with E-state index in [-0.39, 0.29) is 5.95 Å². The van der Waals surface area contributed by atoms with Crippen molar-refractivity contribution in [1.29, 1.82) is 0 Å². The van der Waals surface area contributed by atoms with Gasteiger partial charge in [0.25, 0.3) is 0 Å². The summed E-state index contributed by atoms with van der Waals surface area (Å²) in [6.45, 7) is 4.35. The Balaban J connectivity index is 1.76. The van der Waals surface area contributed by atoms with Crippen molar-refractivity contribution in [3.63, 3.8) is 0 Å². The maximum Gasteiger partial charge on any atom is 0.223 e. The van der Waals surface area contributed by atoms with E-state index in [9.17, 15) is 0 Å². The number of aromatic nitrogens is 2. The minimum absolute atomic E-state index is 0.253. The van der Waals surface area contributed by atoms with Crippen LogP contribution in [0.1, 0.15) is 19.3 Å². The zero-order valence-electron chi connectivity index (χ0n) is 10.3. The summed E-state index contributed by atoms with van der Waals surface area (Å²) in [6, 6.07) is 2.46. The molecule has 2 aliphatic rings. The van der Waals surface area contributed by atoms with Crippen molar-refractivity contribution in [3.05, 3.63) is 11.2 Å². The van der Waals surface area contributed by atoms with Crippen LogP contribution < -0.4 is 10.6 Å². The molecule has 1 atom stereocenters. The molecule has 0 spiro atoms. The van der Waals surface area contributed by atoms with E-state index in [1.165, 1.54) is 25.8 Å². The molecular formula is C12H18ClN5.